The maximum absolute atomic E-state index is 12.5. The summed E-state index contributed by atoms with van der Waals surface area (Å²) in [6.07, 6.45) is 5.33. The molecule has 2 fully saturated rings. The number of carbonyl (C=O) groups excluding carboxylic acids is 1. The molecule has 2 heterocycles. The van der Waals surface area contributed by atoms with Gasteiger partial charge in [-0.25, -0.2) is 0 Å². The third-order valence-corrected chi connectivity index (χ3v) is 5.33. The van der Waals surface area contributed by atoms with Gasteiger partial charge in [0.25, 0.3) is 0 Å². The zero-order valence-electron chi connectivity index (χ0n) is 16.0. The first-order valence-electron chi connectivity index (χ1n) is 10.1. The average molecular weight is 360 g/mol. The van der Waals surface area contributed by atoms with Crippen LogP contribution in [-0.4, -0.2) is 61.6 Å². The van der Waals surface area contributed by atoms with Crippen LogP contribution in [0.25, 0.3) is 0 Å². The van der Waals surface area contributed by atoms with E-state index in [1.807, 2.05) is 24.3 Å². The van der Waals surface area contributed by atoms with Gasteiger partial charge in [0.15, 0.2) is 0 Å². The van der Waals surface area contributed by atoms with Crippen molar-refractivity contribution in [3.63, 3.8) is 0 Å². The van der Waals surface area contributed by atoms with Gasteiger partial charge in [-0.05, 0) is 69.5 Å². The van der Waals surface area contributed by atoms with Crippen LogP contribution in [0.15, 0.2) is 24.3 Å². The van der Waals surface area contributed by atoms with Gasteiger partial charge in [0.1, 0.15) is 18.1 Å². The van der Waals surface area contributed by atoms with Crippen LogP contribution >= 0.6 is 0 Å². The molecule has 3 rings (SSSR count). The van der Waals surface area contributed by atoms with Crippen molar-refractivity contribution in [3.05, 3.63) is 24.3 Å². The Balaban J connectivity index is 1.33. The molecule has 144 valence electrons. The van der Waals surface area contributed by atoms with Crippen molar-refractivity contribution in [2.45, 2.75) is 39.0 Å². The van der Waals surface area contributed by atoms with Crippen LogP contribution in [-0.2, 0) is 4.79 Å². The van der Waals surface area contributed by atoms with E-state index in [1.165, 1.54) is 12.8 Å². The second kappa shape index (κ2) is 9.81. The molecule has 2 aliphatic heterocycles. The van der Waals surface area contributed by atoms with Crippen LogP contribution in [0.2, 0.25) is 0 Å². The van der Waals surface area contributed by atoms with Gasteiger partial charge in [-0.15, -0.1) is 0 Å². The topological polar surface area (TPSA) is 42.0 Å². The lowest BCUT2D eigenvalue weighted by Gasteiger charge is -2.33. The molecule has 0 atom stereocenters. The van der Waals surface area contributed by atoms with Gasteiger partial charge < -0.3 is 14.4 Å². The van der Waals surface area contributed by atoms with Crippen molar-refractivity contribution >= 4 is 5.91 Å². The fraction of sp³-hybridized carbons (Fsp3) is 0.667. The molecule has 5 heteroatoms. The molecule has 5 nitrogen and oxygen atoms in total. The number of hydrogen-bond donors (Lipinski definition) is 0. The second-order valence-electron chi connectivity index (χ2n) is 7.32. The summed E-state index contributed by atoms with van der Waals surface area (Å²) in [5.41, 5.74) is 0. The SMILES string of the molecule is CCCOc1ccc(OCCN2CCC(C(=O)N3CCCC3)CC2)cc1. The standard InChI is InChI=1S/C21H32N2O3/c1-2-16-25-19-5-7-20(8-6-19)26-17-15-22-13-9-18(10-14-22)21(24)23-11-3-4-12-23/h5-8,18H,2-4,9-17H2,1H3. The molecule has 0 bridgehead atoms. The molecule has 0 unspecified atom stereocenters. The van der Waals surface area contributed by atoms with Gasteiger partial charge in [-0.2, -0.15) is 0 Å². The van der Waals surface area contributed by atoms with Gasteiger partial charge in [0.05, 0.1) is 6.61 Å². The Morgan fingerprint density at radius 1 is 0.962 bits per heavy atom. The minimum absolute atomic E-state index is 0.237. The van der Waals surface area contributed by atoms with E-state index in [9.17, 15) is 4.79 Å². The highest BCUT2D eigenvalue weighted by atomic mass is 16.5. The van der Waals surface area contributed by atoms with E-state index < -0.39 is 0 Å². The van der Waals surface area contributed by atoms with Crippen molar-refractivity contribution in [1.29, 1.82) is 0 Å². The van der Waals surface area contributed by atoms with Gasteiger partial charge in [-0.3, -0.25) is 9.69 Å². The van der Waals surface area contributed by atoms with Crippen molar-refractivity contribution in [2.24, 2.45) is 5.92 Å². The molecule has 1 amide bonds. The van der Waals surface area contributed by atoms with Crippen LogP contribution in [0.3, 0.4) is 0 Å². The third-order valence-electron chi connectivity index (χ3n) is 5.33. The summed E-state index contributed by atoms with van der Waals surface area (Å²) >= 11 is 0. The normalized spacial score (nSPS) is 18.9. The lowest BCUT2D eigenvalue weighted by atomic mass is 9.95. The van der Waals surface area contributed by atoms with Crippen LogP contribution in [0.5, 0.6) is 11.5 Å². The number of hydrogen-bond acceptors (Lipinski definition) is 4. The highest BCUT2D eigenvalue weighted by Crippen LogP contribution is 2.22. The highest BCUT2D eigenvalue weighted by molar-refractivity contribution is 5.79. The maximum atomic E-state index is 12.5. The number of benzene rings is 1. The van der Waals surface area contributed by atoms with Crippen LogP contribution in [0.4, 0.5) is 0 Å². The van der Waals surface area contributed by atoms with Gasteiger partial charge in [0.2, 0.25) is 5.91 Å². The predicted molar refractivity (Wildman–Crippen MR) is 103 cm³/mol. The molecule has 0 radical (unpaired) electrons. The van der Waals surface area contributed by atoms with E-state index in [-0.39, 0.29) is 5.92 Å². The van der Waals surface area contributed by atoms with E-state index in [2.05, 4.69) is 16.7 Å². The predicted octanol–water partition coefficient (Wildman–Crippen LogP) is 3.19. The number of rotatable bonds is 8. The summed E-state index contributed by atoms with van der Waals surface area (Å²) in [6, 6.07) is 7.85. The Labute approximate surface area is 157 Å². The molecule has 0 aliphatic carbocycles. The molecule has 1 aromatic carbocycles. The van der Waals surface area contributed by atoms with Crippen LogP contribution < -0.4 is 9.47 Å². The third kappa shape index (κ3) is 5.37. The van der Waals surface area contributed by atoms with Crippen LogP contribution in [0, 0.1) is 5.92 Å². The molecule has 0 aromatic heterocycles. The molecule has 0 saturated carbocycles. The van der Waals surface area contributed by atoms with Gasteiger partial charge >= 0.3 is 0 Å². The molecule has 0 spiro atoms. The first-order valence-corrected chi connectivity index (χ1v) is 10.1. The summed E-state index contributed by atoms with van der Waals surface area (Å²) in [5.74, 6) is 2.40. The van der Waals surface area contributed by atoms with Crippen LogP contribution in [0.1, 0.15) is 39.0 Å². The smallest absolute Gasteiger partial charge is 0.225 e. The molecule has 2 saturated heterocycles. The number of ether oxygens (including phenoxy) is 2. The molecule has 0 N–H and O–H groups in total. The first kappa shape index (κ1) is 19.0. The number of piperidine rings is 1. The summed E-state index contributed by atoms with van der Waals surface area (Å²) < 4.78 is 11.4. The molecule has 26 heavy (non-hydrogen) atoms. The summed E-state index contributed by atoms with van der Waals surface area (Å²) in [4.78, 5) is 16.9. The van der Waals surface area contributed by atoms with E-state index in [0.717, 1.165) is 70.1 Å². The van der Waals surface area contributed by atoms with Gasteiger partial charge in [0, 0.05) is 25.6 Å². The van der Waals surface area contributed by atoms with Crippen molar-refractivity contribution in [1.82, 2.24) is 9.80 Å². The van der Waals surface area contributed by atoms with Crippen molar-refractivity contribution < 1.29 is 14.3 Å². The minimum atomic E-state index is 0.237. The van der Waals surface area contributed by atoms with E-state index in [1.54, 1.807) is 0 Å². The number of nitrogens with zero attached hydrogens (tertiary/aromatic N) is 2. The summed E-state index contributed by atoms with van der Waals surface area (Å²) in [5, 5.41) is 0. The van der Waals surface area contributed by atoms with Gasteiger partial charge in [-0.1, -0.05) is 6.92 Å². The van der Waals surface area contributed by atoms with Crippen molar-refractivity contribution in [2.75, 3.05) is 45.9 Å². The summed E-state index contributed by atoms with van der Waals surface area (Å²) in [6.45, 7) is 8.37. The largest absolute Gasteiger partial charge is 0.494 e. The lowest BCUT2D eigenvalue weighted by Crippen LogP contribution is -2.42. The van der Waals surface area contributed by atoms with E-state index in [0.29, 0.717) is 12.5 Å². The lowest BCUT2D eigenvalue weighted by molar-refractivity contribution is -0.136. The Bertz CT molecular complexity index is 547. The quantitative estimate of drug-likeness (QED) is 0.714. The molecular formula is C21H32N2O3. The zero-order valence-corrected chi connectivity index (χ0v) is 16.0. The fourth-order valence-corrected chi connectivity index (χ4v) is 3.74. The summed E-state index contributed by atoms with van der Waals surface area (Å²) in [7, 11) is 0. The number of carbonyl (C=O) groups is 1. The number of amides is 1. The van der Waals surface area contributed by atoms with E-state index in [4.69, 9.17) is 9.47 Å². The first-order chi connectivity index (χ1) is 12.8. The monoisotopic (exact) mass is 360 g/mol. The Morgan fingerprint density at radius 2 is 1.54 bits per heavy atom. The number of likely N-dealkylation sites (tertiary alicyclic amines) is 2. The minimum Gasteiger partial charge on any atom is -0.494 e. The van der Waals surface area contributed by atoms with Crippen molar-refractivity contribution in [3.8, 4) is 11.5 Å². The zero-order chi connectivity index (χ0) is 18.2. The highest BCUT2D eigenvalue weighted by Gasteiger charge is 2.29. The molecule has 2 aliphatic rings. The second-order valence-corrected chi connectivity index (χ2v) is 7.32. The Hall–Kier alpha value is -1.75. The van der Waals surface area contributed by atoms with E-state index >= 15 is 0 Å². The average Bonchev–Trinajstić information content (AvgIpc) is 3.22. The maximum Gasteiger partial charge on any atom is 0.225 e. The fourth-order valence-electron chi connectivity index (χ4n) is 3.74. The Morgan fingerprint density at radius 3 is 2.12 bits per heavy atom. The molecular weight excluding hydrogens is 328 g/mol. The Kier molecular flexibility index (Phi) is 7.18. The molecule has 1 aromatic rings.